The first-order chi connectivity index (χ1) is 14.1. The van der Waals surface area contributed by atoms with Gasteiger partial charge in [-0.25, -0.2) is 0 Å². The zero-order valence-corrected chi connectivity index (χ0v) is 17.0. The predicted molar refractivity (Wildman–Crippen MR) is 109 cm³/mol. The van der Waals surface area contributed by atoms with E-state index in [1.165, 1.54) is 18.9 Å². The van der Waals surface area contributed by atoms with Crippen molar-refractivity contribution in [3.05, 3.63) is 39.8 Å². The number of carbonyl (C=O) groups is 1. The molecule has 10 heteroatoms. The van der Waals surface area contributed by atoms with Crippen molar-refractivity contribution in [1.82, 2.24) is 19.6 Å². The summed E-state index contributed by atoms with van der Waals surface area (Å²) in [5, 5.41) is 11.7. The first kappa shape index (κ1) is 19.3. The lowest BCUT2D eigenvalue weighted by molar-refractivity contribution is -0.113. The average molecular weight is 415 g/mol. The van der Waals surface area contributed by atoms with E-state index in [0.717, 1.165) is 36.9 Å². The molecule has 9 nitrogen and oxygen atoms in total. The SMILES string of the molecule is COc1ccc(NC(=O)CSc2nnc3[nH]c(=O)c4c(n23)CCCC4)c(OC)c1. The lowest BCUT2D eigenvalue weighted by atomic mass is 9.97. The quantitative estimate of drug-likeness (QED) is 0.593. The Labute approximate surface area is 170 Å². The van der Waals surface area contributed by atoms with Gasteiger partial charge in [-0.2, -0.15) is 0 Å². The van der Waals surface area contributed by atoms with Crippen molar-refractivity contribution in [2.45, 2.75) is 30.8 Å². The van der Waals surface area contributed by atoms with Crippen LogP contribution < -0.4 is 20.3 Å². The molecule has 0 unspecified atom stereocenters. The highest BCUT2D eigenvalue weighted by molar-refractivity contribution is 7.99. The van der Waals surface area contributed by atoms with Crippen molar-refractivity contribution >= 4 is 29.1 Å². The number of aromatic amines is 1. The topological polar surface area (TPSA) is 111 Å². The van der Waals surface area contributed by atoms with Crippen LogP contribution in [0.15, 0.2) is 28.2 Å². The zero-order chi connectivity index (χ0) is 20.4. The molecule has 0 bridgehead atoms. The molecular formula is C19H21N5O4S. The number of hydrogen-bond acceptors (Lipinski definition) is 7. The van der Waals surface area contributed by atoms with Gasteiger partial charge in [-0.1, -0.05) is 11.8 Å². The van der Waals surface area contributed by atoms with E-state index in [1.54, 1.807) is 25.3 Å². The van der Waals surface area contributed by atoms with Crippen LogP contribution in [0.5, 0.6) is 11.5 Å². The Balaban J connectivity index is 1.52. The molecule has 2 heterocycles. The van der Waals surface area contributed by atoms with Gasteiger partial charge < -0.3 is 14.8 Å². The first-order valence-electron chi connectivity index (χ1n) is 9.24. The van der Waals surface area contributed by atoms with Crippen LogP contribution in [0.4, 0.5) is 5.69 Å². The molecule has 1 aliphatic carbocycles. The van der Waals surface area contributed by atoms with Gasteiger partial charge in [0.25, 0.3) is 5.56 Å². The summed E-state index contributed by atoms with van der Waals surface area (Å²) in [7, 11) is 3.10. The molecule has 0 fully saturated rings. The smallest absolute Gasteiger partial charge is 0.255 e. The molecular weight excluding hydrogens is 394 g/mol. The number of H-pyrrole nitrogens is 1. The molecule has 3 aromatic rings. The maximum atomic E-state index is 12.5. The van der Waals surface area contributed by atoms with Crippen LogP contribution in [-0.4, -0.2) is 45.5 Å². The Morgan fingerprint density at radius 1 is 1.24 bits per heavy atom. The second-order valence-electron chi connectivity index (χ2n) is 6.63. The number of hydrogen-bond donors (Lipinski definition) is 2. The molecule has 1 aromatic carbocycles. The van der Waals surface area contributed by atoms with E-state index >= 15 is 0 Å². The number of thioether (sulfide) groups is 1. The van der Waals surface area contributed by atoms with E-state index < -0.39 is 0 Å². The fourth-order valence-corrected chi connectivity index (χ4v) is 4.22. The number of anilines is 1. The number of nitrogens with one attached hydrogen (secondary N) is 2. The average Bonchev–Trinajstić information content (AvgIpc) is 3.15. The molecule has 2 N–H and O–H groups in total. The number of aromatic nitrogens is 4. The minimum absolute atomic E-state index is 0.0968. The van der Waals surface area contributed by atoms with Gasteiger partial charge in [0.1, 0.15) is 11.5 Å². The highest BCUT2D eigenvalue weighted by Gasteiger charge is 2.21. The molecule has 0 saturated heterocycles. The number of rotatable bonds is 6. The van der Waals surface area contributed by atoms with E-state index in [9.17, 15) is 9.59 Å². The van der Waals surface area contributed by atoms with E-state index in [4.69, 9.17) is 9.47 Å². The van der Waals surface area contributed by atoms with Gasteiger partial charge in [0.2, 0.25) is 11.7 Å². The summed E-state index contributed by atoms with van der Waals surface area (Å²) in [5.74, 6) is 1.51. The van der Waals surface area contributed by atoms with Gasteiger partial charge in [0, 0.05) is 17.3 Å². The van der Waals surface area contributed by atoms with E-state index in [-0.39, 0.29) is 17.2 Å². The summed E-state index contributed by atoms with van der Waals surface area (Å²) < 4.78 is 12.3. The number of methoxy groups -OCH3 is 2. The summed E-state index contributed by atoms with van der Waals surface area (Å²) in [4.78, 5) is 27.5. The molecule has 0 aliphatic heterocycles. The van der Waals surface area contributed by atoms with Crippen molar-refractivity contribution in [2.24, 2.45) is 0 Å². The fraction of sp³-hybridized carbons (Fsp3) is 0.368. The molecule has 2 aromatic heterocycles. The summed E-state index contributed by atoms with van der Waals surface area (Å²) >= 11 is 1.27. The second-order valence-corrected chi connectivity index (χ2v) is 7.57. The van der Waals surface area contributed by atoms with Crippen LogP contribution in [0.2, 0.25) is 0 Å². The number of fused-ring (bicyclic) bond motifs is 3. The molecule has 1 amide bonds. The van der Waals surface area contributed by atoms with Crippen LogP contribution in [-0.2, 0) is 17.6 Å². The largest absolute Gasteiger partial charge is 0.497 e. The summed E-state index contributed by atoms with van der Waals surface area (Å²) in [5.41, 5.74) is 2.20. The van der Waals surface area contributed by atoms with Crippen LogP contribution in [0, 0.1) is 0 Å². The second kappa shape index (κ2) is 8.16. The number of carbonyl (C=O) groups excluding carboxylic acids is 1. The maximum absolute atomic E-state index is 12.5. The standard InChI is InChI=1S/C19H21N5O4S/c1-27-11-7-8-13(15(9-11)28-2)20-16(25)10-29-19-23-22-18-21-17(26)12-5-3-4-6-14(12)24(18)19/h7-9H,3-6,10H2,1-2H3,(H,20,25)(H,21,22,26). The minimum atomic E-state index is -0.200. The molecule has 0 radical (unpaired) electrons. The number of ether oxygens (including phenoxy) is 2. The van der Waals surface area contributed by atoms with Gasteiger partial charge >= 0.3 is 0 Å². The molecule has 152 valence electrons. The molecule has 0 saturated carbocycles. The Morgan fingerprint density at radius 2 is 2.07 bits per heavy atom. The Bertz CT molecular complexity index is 1120. The van der Waals surface area contributed by atoms with Gasteiger partial charge in [0.15, 0.2) is 5.16 Å². The van der Waals surface area contributed by atoms with Crippen LogP contribution in [0.25, 0.3) is 5.78 Å². The van der Waals surface area contributed by atoms with Gasteiger partial charge in [0.05, 0.1) is 25.7 Å². The molecule has 0 spiro atoms. The number of nitrogens with zero attached hydrogens (tertiary/aromatic N) is 3. The first-order valence-corrected chi connectivity index (χ1v) is 10.2. The van der Waals surface area contributed by atoms with E-state index in [2.05, 4.69) is 20.5 Å². The number of benzene rings is 1. The Hall–Kier alpha value is -3.01. The van der Waals surface area contributed by atoms with Crippen LogP contribution in [0.3, 0.4) is 0 Å². The van der Waals surface area contributed by atoms with E-state index in [0.29, 0.717) is 28.1 Å². The normalized spacial score (nSPS) is 13.2. The number of amides is 1. The summed E-state index contributed by atoms with van der Waals surface area (Å²) in [6.45, 7) is 0. The Kier molecular flexibility index (Phi) is 5.43. The van der Waals surface area contributed by atoms with Crippen LogP contribution >= 0.6 is 11.8 Å². The third kappa shape index (κ3) is 3.80. The summed E-state index contributed by atoms with van der Waals surface area (Å²) in [6, 6.07) is 5.19. The van der Waals surface area contributed by atoms with Gasteiger partial charge in [-0.05, 0) is 37.8 Å². The molecule has 29 heavy (non-hydrogen) atoms. The van der Waals surface area contributed by atoms with Gasteiger partial charge in [-0.15, -0.1) is 10.2 Å². The lowest BCUT2D eigenvalue weighted by Crippen LogP contribution is -2.23. The third-order valence-electron chi connectivity index (χ3n) is 4.86. The molecule has 0 atom stereocenters. The van der Waals surface area contributed by atoms with E-state index in [1.807, 2.05) is 4.40 Å². The van der Waals surface area contributed by atoms with Crippen molar-refractivity contribution in [3.63, 3.8) is 0 Å². The monoisotopic (exact) mass is 415 g/mol. The molecule has 4 rings (SSSR count). The third-order valence-corrected chi connectivity index (χ3v) is 5.79. The van der Waals surface area contributed by atoms with Crippen molar-refractivity contribution in [2.75, 3.05) is 25.3 Å². The fourth-order valence-electron chi connectivity index (χ4n) is 3.46. The maximum Gasteiger partial charge on any atom is 0.255 e. The van der Waals surface area contributed by atoms with Crippen molar-refractivity contribution < 1.29 is 14.3 Å². The Morgan fingerprint density at radius 3 is 2.86 bits per heavy atom. The summed E-state index contributed by atoms with van der Waals surface area (Å²) in [6.07, 6.45) is 3.57. The highest BCUT2D eigenvalue weighted by Crippen LogP contribution is 2.29. The van der Waals surface area contributed by atoms with Crippen molar-refractivity contribution in [3.8, 4) is 11.5 Å². The van der Waals surface area contributed by atoms with Crippen LogP contribution in [0.1, 0.15) is 24.1 Å². The number of aryl methyl sites for hydroxylation is 1. The molecule has 1 aliphatic rings. The highest BCUT2D eigenvalue weighted by atomic mass is 32.2. The zero-order valence-electron chi connectivity index (χ0n) is 16.2. The minimum Gasteiger partial charge on any atom is -0.497 e. The predicted octanol–water partition coefficient (Wildman–Crippen LogP) is 2.04. The van der Waals surface area contributed by atoms with Gasteiger partial charge in [-0.3, -0.25) is 19.0 Å². The lowest BCUT2D eigenvalue weighted by Gasteiger charge is -2.16. The van der Waals surface area contributed by atoms with Crippen molar-refractivity contribution in [1.29, 1.82) is 0 Å².